The molecular formula is C14H30N2. The van der Waals surface area contributed by atoms with Gasteiger partial charge in [-0.1, -0.05) is 19.8 Å². The van der Waals surface area contributed by atoms with E-state index in [1.807, 2.05) is 0 Å². The topological polar surface area (TPSA) is 15.3 Å². The molecule has 16 heavy (non-hydrogen) atoms. The van der Waals surface area contributed by atoms with Crippen LogP contribution in [0, 0.1) is 5.92 Å². The molecule has 4 unspecified atom stereocenters. The van der Waals surface area contributed by atoms with Crippen molar-refractivity contribution in [3.8, 4) is 0 Å². The number of hydrogen-bond acceptors (Lipinski definition) is 2. The number of hydrogen-bond donors (Lipinski definition) is 1. The molecule has 0 aromatic heterocycles. The van der Waals surface area contributed by atoms with Crippen LogP contribution in [0.25, 0.3) is 0 Å². The van der Waals surface area contributed by atoms with E-state index in [9.17, 15) is 0 Å². The third-order valence-corrected chi connectivity index (χ3v) is 4.47. The molecule has 0 radical (unpaired) electrons. The minimum Gasteiger partial charge on any atom is -0.317 e. The summed E-state index contributed by atoms with van der Waals surface area (Å²) in [6.07, 6.45) is 6.93. The summed E-state index contributed by atoms with van der Waals surface area (Å²) in [4.78, 5) is 2.62. The van der Waals surface area contributed by atoms with Crippen molar-refractivity contribution >= 4 is 0 Å². The lowest BCUT2D eigenvalue weighted by Gasteiger charge is -2.40. The summed E-state index contributed by atoms with van der Waals surface area (Å²) in [5.41, 5.74) is 0. The minimum atomic E-state index is 0.622. The van der Waals surface area contributed by atoms with Crippen LogP contribution in [0.15, 0.2) is 0 Å². The van der Waals surface area contributed by atoms with Gasteiger partial charge in [-0.15, -0.1) is 0 Å². The van der Waals surface area contributed by atoms with Gasteiger partial charge >= 0.3 is 0 Å². The van der Waals surface area contributed by atoms with Crippen LogP contribution in [0.2, 0.25) is 0 Å². The Morgan fingerprint density at radius 3 is 2.44 bits per heavy atom. The zero-order valence-electron chi connectivity index (χ0n) is 11.8. The fourth-order valence-corrected chi connectivity index (χ4v) is 3.02. The van der Waals surface area contributed by atoms with Crippen molar-refractivity contribution in [2.75, 3.05) is 14.1 Å². The standard InChI is InChI=1S/C14H30N2/c1-11-8-6-7-9-14(11)16(5)13(3)10-12(2)15-4/h11-15H,6-10H2,1-5H3. The second-order valence-electron chi connectivity index (χ2n) is 5.77. The van der Waals surface area contributed by atoms with Crippen molar-refractivity contribution in [3.05, 3.63) is 0 Å². The summed E-state index contributed by atoms with van der Waals surface area (Å²) in [6, 6.07) is 2.12. The maximum absolute atomic E-state index is 3.34. The second kappa shape index (κ2) is 6.61. The zero-order valence-corrected chi connectivity index (χ0v) is 11.8. The molecule has 1 saturated carbocycles. The largest absolute Gasteiger partial charge is 0.317 e. The number of nitrogens with zero attached hydrogens (tertiary/aromatic N) is 1. The Kier molecular flexibility index (Phi) is 5.77. The van der Waals surface area contributed by atoms with Crippen molar-refractivity contribution in [3.63, 3.8) is 0 Å². The molecule has 1 aliphatic rings. The van der Waals surface area contributed by atoms with E-state index in [0.717, 1.165) is 12.0 Å². The Morgan fingerprint density at radius 2 is 1.88 bits per heavy atom. The van der Waals surface area contributed by atoms with Crippen LogP contribution in [-0.2, 0) is 0 Å². The highest BCUT2D eigenvalue weighted by molar-refractivity contribution is 4.83. The van der Waals surface area contributed by atoms with Gasteiger partial charge in [0.25, 0.3) is 0 Å². The van der Waals surface area contributed by atoms with Gasteiger partial charge in [0.2, 0.25) is 0 Å². The molecule has 0 amide bonds. The average Bonchev–Trinajstić information content (AvgIpc) is 2.28. The lowest BCUT2D eigenvalue weighted by atomic mass is 9.84. The number of nitrogens with one attached hydrogen (secondary N) is 1. The quantitative estimate of drug-likeness (QED) is 0.775. The fraction of sp³-hybridized carbons (Fsp3) is 1.00. The van der Waals surface area contributed by atoms with E-state index in [4.69, 9.17) is 0 Å². The minimum absolute atomic E-state index is 0.622. The van der Waals surface area contributed by atoms with E-state index in [1.165, 1.54) is 32.1 Å². The predicted octanol–water partition coefficient (Wildman–Crippen LogP) is 2.88. The van der Waals surface area contributed by atoms with E-state index in [-0.39, 0.29) is 0 Å². The molecule has 2 heteroatoms. The molecule has 2 nitrogen and oxygen atoms in total. The predicted molar refractivity (Wildman–Crippen MR) is 71.8 cm³/mol. The number of rotatable bonds is 5. The van der Waals surface area contributed by atoms with Gasteiger partial charge in [-0.25, -0.2) is 0 Å². The molecule has 1 fully saturated rings. The third-order valence-electron chi connectivity index (χ3n) is 4.47. The molecule has 0 aliphatic heterocycles. The highest BCUT2D eigenvalue weighted by Crippen LogP contribution is 2.28. The summed E-state index contributed by atoms with van der Waals surface area (Å²) >= 11 is 0. The Labute approximate surface area is 102 Å². The molecular weight excluding hydrogens is 196 g/mol. The maximum Gasteiger partial charge on any atom is 0.0121 e. The SMILES string of the molecule is CNC(C)CC(C)N(C)C1CCCCC1C. The Morgan fingerprint density at radius 1 is 1.25 bits per heavy atom. The normalized spacial score (nSPS) is 30.4. The molecule has 0 spiro atoms. The van der Waals surface area contributed by atoms with E-state index >= 15 is 0 Å². The van der Waals surface area contributed by atoms with E-state index in [0.29, 0.717) is 12.1 Å². The highest BCUT2D eigenvalue weighted by atomic mass is 15.2. The molecule has 0 bridgehead atoms. The van der Waals surface area contributed by atoms with Crippen LogP contribution in [-0.4, -0.2) is 37.1 Å². The molecule has 0 heterocycles. The molecule has 1 rings (SSSR count). The van der Waals surface area contributed by atoms with Gasteiger partial charge in [-0.3, -0.25) is 0 Å². The van der Waals surface area contributed by atoms with Crippen molar-refractivity contribution in [1.82, 2.24) is 10.2 Å². The second-order valence-corrected chi connectivity index (χ2v) is 5.77. The third kappa shape index (κ3) is 3.74. The zero-order chi connectivity index (χ0) is 12.1. The Bertz CT molecular complexity index is 193. The van der Waals surface area contributed by atoms with Crippen LogP contribution in [0.4, 0.5) is 0 Å². The molecule has 96 valence electrons. The van der Waals surface area contributed by atoms with Crippen LogP contribution in [0.3, 0.4) is 0 Å². The molecule has 0 aromatic rings. The van der Waals surface area contributed by atoms with Gasteiger partial charge in [-0.05, 0) is 53.1 Å². The van der Waals surface area contributed by atoms with Gasteiger partial charge in [0.05, 0.1) is 0 Å². The molecule has 1 N–H and O–H groups in total. The first-order chi connectivity index (χ1) is 7.56. The molecule has 1 aliphatic carbocycles. The van der Waals surface area contributed by atoms with Gasteiger partial charge < -0.3 is 10.2 Å². The van der Waals surface area contributed by atoms with Crippen LogP contribution < -0.4 is 5.32 Å². The smallest absolute Gasteiger partial charge is 0.0121 e. The first-order valence-electron chi connectivity index (χ1n) is 6.95. The monoisotopic (exact) mass is 226 g/mol. The first-order valence-corrected chi connectivity index (χ1v) is 6.95. The Hall–Kier alpha value is -0.0800. The van der Waals surface area contributed by atoms with Gasteiger partial charge in [0.15, 0.2) is 0 Å². The maximum atomic E-state index is 3.34. The lowest BCUT2D eigenvalue weighted by Crippen LogP contribution is -2.45. The van der Waals surface area contributed by atoms with E-state index in [2.05, 4.69) is 45.1 Å². The molecule has 0 aromatic carbocycles. The first kappa shape index (κ1) is 14.0. The summed E-state index contributed by atoms with van der Waals surface area (Å²) in [6.45, 7) is 7.07. The Balaban J connectivity index is 2.44. The van der Waals surface area contributed by atoms with Crippen molar-refractivity contribution in [2.45, 2.75) is 71.0 Å². The van der Waals surface area contributed by atoms with Crippen LogP contribution in [0.1, 0.15) is 52.9 Å². The summed E-state index contributed by atoms with van der Waals surface area (Å²) in [5.74, 6) is 0.881. The van der Waals surface area contributed by atoms with E-state index < -0.39 is 0 Å². The van der Waals surface area contributed by atoms with Crippen LogP contribution in [0.5, 0.6) is 0 Å². The highest BCUT2D eigenvalue weighted by Gasteiger charge is 2.27. The molecule has 4 atom stereocenters. The van der Waals surface area contributed by atoms with Gasteiger partial charge in [0.1, 0.15) is 0 Å². The lowest BCUT2D eigenvalue weighted by molar-refractivity contribution is 0.0956. The summed E-state index contributed by atoms with van der Waals surface area (Å²) < 4.78 is 0. The van der Waals surface area contributed by atoms with Crippen molar-refractivity contribution in [1.29, 1.82) is 0 Å². The van der Waals surface area contributed by atoms with Gasteiger partial charge in [0, 0.05) is 18.1 Å². The van der Waals surface area contributed by atoms with Crippen molar-refractivity contribution < 1.29 is 0 Å². The summed E-state index contributed by atoms with van der Waals surface area (Å²) in [5, 5.41) is 3.34. The summed E-state index contributed by atoms with van der Waals surface area (Å²) in [7, 11) is 4.38. The fourth-order valence-electron chi connectivity index (χ4n) is 3.02. The van der Waals surface area contributed by atoms with Crippen LogP contribution >= 0.6 is 0 Å². The van der Waals surface area contributed by atoms with E-state index in [1.54, 1.807) is 0 Å². The van der Waals surface area contributed by atoms with Crippen molar-refractivity contribution in [2.24, 2.45) is 5.92 Å². The van der Waals surface area contributed by atoms with Gasteiger partial charge in [-0.2, -0.15) is 0 Å². The average molecular weight is 226 g/mol. The molecule has 0 saturated heterocycles.